The highest BCUT2D eigenvalue weighted by Gasteiger charge is 2.16. The van der Waals surface area contributed by atoms with E-state index < -0.39 is 0 Å². The predicted octanol–water partition coefficient (Wildman–Crippen LogP) is 3.92. The number of aryl methyl sites for hydroxylation is 1. The van der Waals surface area contributed by atoms with E-state index in [1.165, 1.54) is 37.7 Å². The molecule has 1 fully saturated rings. The molecule has 0 aliphatic heterocycles. The molecular formula is C19H27N3O. The number of amides is 1. The molecule has 0 unspecified atom stereocenters. The number of primary amides is 1. The summed E-state index contributed by atoms with van der Waals surface area (Å²) in [6, 6.07) is 8.56. The van der Waals surface area contributed by atoms with Crippen LogP contribution in [-0.2, 0) is 11.2 Å². The number of anilines is 1. The monoisotopic (exact) mass is 313 g/mol. The fraction of sp³-hybridized carbons (Fsp3) is 0.474. The molecule has 2 aromatic rings. The fourth-order valence-corrected chi connectivity index (χ4v) is 3.40. The molecule has 0 saturated heterocycles. The highest BCUT2D eigenvalue weighted by Crippen LogP contribution is 2.34. The van der Waals surface area contributed by atoms with E-state index in [0.29, 0.717) is 24.6 Å². The van der Waals surface area contributed by atoms with Crippen LogP contribution in [0.2, 0.25) is 0 Å². The summed E-state index contributed by atoms with van der Waals surface area (Å²) in [5.74, 6) is 0.861. The van der Waals surface area contributed by atoms with Crippen molar-refractivity contribution in [3.8, 4) is 0 Å². The van der Waals surface area contributed by atoms with E-state index in [0.717, 1.165) is 16.5 Å². The number of rotatable bonds is 4. The summed E-state index contributed by atoms with van der Waals surface area (Å²) in [6.07, 6.45) is 7.43. The van der Waals surface area contributed by atoms with Crippen molar-refractivity contribution in [3.05, 3.63) is 35.4 Å². The molecule has 4 heteroatoms. The second kappa shape index (κ2) is 7.44. The van der Waals surface area contributed by atoms with Crippen molar-refractivity contribution in [2.75, 3.05) is 5.73 Å². The lowest BCUT2D eigenvalue weighted by atomic mass is 9.83. The molecule has 3 rings (SSSR count). The zero-order valence-electron chi connectivity index (χ0n) is 12.8. The normalized spacial score (nSPS) is 15.3. The molecule has 1 heterocycles. The van der Waals surface area contributed by atoms with Gasteiger partial charge in [0.25, 0.3) is 0 Å². The number of nitrogen functional groups attached to an aromatic ring is 1. The van der Waals surface area contributed by atoms with Crippen molar-refractivity contribution >= 4 is 22.6 Å². The van der Waals surface area contributed by atoms with E-state index in [1.54, 1.807) is 0 Å². The van der Waals surface area contributed by atoms with Gasteiger partial charge in [-0.3, -0.25) is 4.79 Å². The first-order chi connectivity index (χ1) is 10.6. The average Bonchev–Trinajstić information content (AvgIpc) is 2.53. The molecule has 1 aliphatic rings. The van der Waals surface area contributed by atoms with Gasteiger partial charge in [-0.25, -0.2) is 4.98 Å². The standard InChI is InChI=1S/C18H23N3O.CH4/c19-17(22)9-7-14-11-15-10-13(12-4-2-1-3-5-12)6-8-16(15)21-18(14)20;/h6,8,10-12H,1-5,7,9H2,(H2,19,22)(H2,20,21);1H4. The fourth-order valence-electron chi connectivity index (χ4n) is 3.40. The number of hydrogen-bond acceptors (Lipinski definition) is 3. The van der Waals surface area contributed by atoms with Crippen LogP contribution in [0, 0.1) is 0 Å². The van der Waals surface area contributed by atoms with Gasteiger partial charge in [0.05, 0.1) is 5.52 Å². The first kappa shape index (κ1) is 17.3. The number of pyridine rings is 1. The third kappa shape index (κ3) is 4.01. The van der Waals surface area contributed by atoms with Crippen LogP contribution in [0.3, 0.4) is 0 Å². The van der Waals surface area contributed by atoms with Crippen LogP contribution in [0.1, 0.15) is 63.0 Å². The molecule has 4 N–H and O–H groups in total. The Labute approximate surface area is 138 Å². The van der Waals surface area contributed by atoms with Gasteiger partial charge in [0.15, 0.2) is 0 Å². The molecule has 1 aromatic heterocycles. The van der Waals surface area contributed by atoms with E-state index in [-0.39, 0.29) is 13.3 Å². The zero-order valence-corrected chi connectivity index (χ0v) is 12.8. The van der Waals surface area contributed by atoms with E-state index in [9.17, 15) is 4.79 Å². The van der Waals surface area contributed by atoms with Crippen LogP contribution in [0.25, 0.3) is 10.9 Å². The maximum Gasteiger partial charge on any atom is 0.217 e. The number of carbonyl (C=O) groups excluding carboxylic acids is 1. The number of fused-ring (bicyclic) bond motifs is 1. The van der Waals surface area contributed by atoms with E-state index >= 15 is 0 Å². The lowest BCUT2D eigenvalue weighted by Crippen LogP contribution is -2.12. The number of hydrogen-bond donors (Lipinski definition) is 2. The molecule has 4 nitrogen and oxygen atoms in total. The number of carbonyl (C=O) groups is 1. The van der Waals surface area contributed by atoms with E-state index in [2.05, 4.69) is 29.2 Å². The lowest BCUT2D eigenvalue weighted by Gasteiger charge is -2.22. The van der Waals surface area contributed by atoms with Crippen molar-refractivity contribution in [3.63, 3.8) is 0 Å². The van der Waals surface area contributed by atoms with Crippen molar-refractivity contribution < 1.29 is 4.79 Å². The van der Waals surface area contributed by atoms with Crippen LogP contribution in [0.5, 0.6) is 0 Å². The van der Waals surface area contributed by atoms with Gasteiger partial charge >= 0.3 is 0 Å². The quantitative estimate of drug-likeness (QED) is 0.897. The largest absolute Gasteiger partial charge is 0.383 e. The number of benzene rings is 1. The minimum absolute atomic E-state index is 0. The van der Waals surface area contributed by atoms with E-state index in [1.807, 2.05) is 0 Å². The van der Waals surface area contributed by atoms with Gasteiger partial charge in [0.2, 0.25) is 5.91 Å². The Kier molecular flexibility index (Phi) is 5.59. The molecule has 1 aliphatic carbocycles. The molecule has 1 saturated carbocycles. The summed E-state index contributed by atoms with van der Waals surface area (Å²) in [6.45, 7) is 0. The van der Waals surface area contributed by atoms with Gasteiger partial charge in [-0.2, -0.15) is 0 Å². The Morgan fingerprint density at radius 2 is 1.91 bits per heavy atom. The van der Waals surface area contributed by atoms with Crippen molar-refractivity contribution in [1.82, 2.24) is 4.98 Å². The SMILES string of the molecule is C.NC(=O)CCc1cc2cc(C3CCCCC3)ccc2nc1N. The molecule has 124 valence electrons. The summed E-state index contributed by atoms with van der Waals surface area (Å²) in [5, 5.41) is 1.11. The smallest absolute Gasteiger partial charge is 0.217 e. The molecule has 1 amide bonds. The molecule has 0 bridgehead atoms. The maximum atomic E-state index is 11.0. The summed E-state index contributed by atoms with van der Waals surface area (Å²) in [4.78, 5) is 15.4. The predicted molar refractivity (Wildman–Crippen MR) is 96.2 cm³/mol. The highest BCUT2D eigenvalue weighted by atomic mass is 16.1. The van der Waals surface area contributed by atoms with Gasteiger partial charge in [-0.05, 0) is 54.5 Å². The Morgan fingerprint density at radius 1 is 1.17 bits per heavy atom. The van der Waals surface area contributed by atoms with Crippen LogP contribution in [0.4, 0.5) is 5.82 Å². The van der Waals surface area contributed by atoms with Crippen molar-refractivity contribution in [2.45, 2.75) is 58.3 Å². The van der Waals surface area contributed by atoms with Crippen molar-refractivity contribution in [1.29, 1.82) is 0 Å². The summed E-state index contributed by atoms with van der Waals surface area (Å²) in [5.41, 5.74) is 14.4. The van der Waals surface area contributed by atoms with Gasteiger partial charge in [-0.1, -0.05) is 32.8 Å². The number of nitrogens with two attached hydrogens (primary N) is 2. The van der Waals surface area contributed by atoms with Crippen LogP contribution in [0.15, 0.2) is 24.3 Å². The van der Waals surface area contributed by atoms with Crippen LogP contribution < -0.4 is 11.5 Å². The average molecular weight is 313 g/mol. The first-order valence-electron chi connectivity index (χ1n) is 8.11. The Balaban J connectivity index is 0.00000192. The minimum atomic E-state index is -0.310. The Hall–Kier alpha value is -2.10. The van der Waals surface area contributed by atoms with Crippen LogP contribution >= 0.6 is 0 Å². The number of aromatic nitrogens is 1. The summed E-state index contributed by atoms with van der Waals surface area (Å²) in [7, 11) is 0. The van der Waals surface area contributed by atoms with Gasteiger partial charge in [0.1, 0.15) is 5.82 Å². The molecule has 0 spiro atoms. The van der Waals surface area contributed by atoms with Gasteiger partial charge in [-0.15, -0.1) is 0 Å². The second-order valence-corrected chi connectivity index (χ2v) is 6.29. The molecule has 1 aromatic carbocycles. The summed E-state index contributed by atoms with van der Waals surface area (Å²) >= 11 is 0. The first-order valence-corrected chi connectivity index (χ1v) is 8.11. The zero-order chi connectivity index (χ0) is 15.5. The Bertz CT molecular complexity index is 690. The van der Waals surface area contributed by atoms with E-state index in [4.69, 9.17) is 11.5 Å². The maximum absolute atomic E-state index is 11.0. The molecular weight excluding hydrogens is 286 g/mol. The minimum Gasteiger partial charge on any atom is -0.383 e. The van der Waals surface area contributed by atoms with Gasteiger partial charge in [0, 0.05) is 11.8 Å². The topological polar surface area (TPSA) is 82.0 Å². The second-order valence-electron chi connectivity index (χ2n) is 6.29. The lowest BCUT2D eigenvalue weighted by molar-refractivity contribution is -0.117. The summed E-state index contributed by atoms with van der Waals surface area (Å²) < 4.78 is 0. The van der Waals surface area contributed by atoms with Gasteiger partial charge < -0.3 is 11.5 Å². The number of nitrogens with zero attached hydrogens (tertiary/aromatic N) is 1. The van der Waals surface area contributed by atoms with Crippen LogP contribution in [-0.4, -0.2) is 10.9 Å². The molecule has 0 atom stereocenters. The third-order valence-corrected chi connectivity index (χ3v) is 4.67. The molecule has 0 radical (unpaired) electrons. The Morgan fingerprint density at radius 3 is 2.61 bits per heavy atom. The van der Waals surface area contributed by atoms with Crippen molar-refractivity contribution in [2.24, 2.45) is 5.73 Å². The molecule has 23 heavy (non-hydrogen) atoms. The highest BCUT2D eigenvalue weighted by molar-refractivity contribution is 5.82. The third-order valence-electron chi connectivity index (χ3n) is 4.67.